The van der Waals surface area contributed by atoms with Crippen LogP contribution in [0.1, 0.15) is 18.7 Å². The molecule has 1 heterocycles. The zero-order valence-corrected chi connectivity index (χ0v) is 12.7. The molecule has 1 rings (SSSR count). The van der Waals surface area contributed by atoms with Crippen LogP contribution in [0.5, 0.6) is 0 Å². The maximum Gasteiger partial charge on any atom is 0.0701 e. The van der Waals surface area contributed by atoms with Crippen LogP contribution >= 0.6 is 43.2 Å². The standard InChI is InChI=1S/C10H15Br2NS/c1-10(2,7-11)13(3)6-8-4-5-9(12)14-8/h4-5H,6-7H2,1-3H3. The van der Waals surface area contributed by atoms with E-state index in [9.17, 15) is 0 Å². The van der Waals surface area contributed by atoms with Gasteiger partial charge in [0.2, 0.25) is 0 Å². The lowest BCUT2D eigenvalue weighted by Crippen LogP contribution is -2.41. The second-order valence-electron chi connectivity index (χ2n) is 4.01. The van der Waals surface area contributed by atoms with E-state index in [2.05, 4.69) is 69.8 Å². The van der Waals surface area contributed by atoms with Crippen LogP contribution in [-0.4, -0.2) is 22.8 Å². The Bertz CT molecular complexity index is 296. The highest BCUT2D eigenvalue weighted by Gasteiger charge is 2.22. The van der Waals surface area contributed by atoms with Crippen molar-refractivity contribution in [3.8, 4) is 0 Å². The molecular weight excluding hydrogens is 326 g/mol. The third-order valence-corrected chi connectivity index (χ3v) is 5.36. The van der Waals surface area contributed by atoms with Crippen molar-refractivity contribution in [3.05, 3.63) is 20.8 Å². The summed E-state index contributed by atoms with van der Waals surface area (Å²) in [4.78, 5) is 3.76. The van der Waals surface area contributed by atoms with Gasteiger partial charge in [-0.15, -0.1) is 11.3 Å². The molecule has 0 saturated heterocycles. The number of hydrogen-bond donors (Lipinski definition) is 0. The van der Waals surface area contributed by atoms with Gasteiger partial charge in [-0.3, -0.25) is 4.90 Å². The molecule has 0 unspecified atom stereocenters. The highest BCUT2D eigenvalue weighted by molar-refractivity contribution is 9.11. The van der Waals surface area contributed by atoms with E-state index in [-0.39, 0.29) is 5.54 Å². The first-order chi connectivity index (χ1) is 6.45. The highest BCUT2D eigenvalue weighted by atomic mass is 79.9. The van der Waals surface area contributed by atoms with Crippen LogP contribution < -0.4 is 0 Å². The Labute approximate surface area is 107 Å². The Balaban J connectivity index is 2.61. The molecule has 1 aromatic heterocycles. The van der Waals surface area contributed by atoms with Crippen molar-refractivity contribution in [2.45, 2.75) is 25.9 Å². The molecule has 14 heavy (non-hydrogen) atoms. The van der Waals surface area contributed by atoms with Crippen molar-refractivity contribution < 1.29 is 0 Å². The van der Waals surface area contributed by atoms with Gasteiger partial charge in [0.05, 0.1) is 3.79 Å². The van der Waals surface area contributed by atoms with Gasteiger partial charge in [0.1, 0.15) is 0 Å². The molecule has 0 amide bonds. The molecule has 0 saturated carbocycles. The van der Waals surface area contributed by atoms with Crippen LogP contribution in [0.3, 0.4) is 0 Å². The first-order valence-corrected chi connectivity index (χ1v) is 7.20. The summed E-state index contributed by atoms with van der Waals surface area (Å²) in [5.41, 5.74) is 0.205. The third-order valence-electron chi connectivity index (χ3n) is 2.38. The largest absolute Gasteiger partial charge is 0.295 e. The minimum atomic E-state index is 0.205. The van der Waals surface area contributed by atoms with Gasteiger partial charge >= 0.3 is 0 Å². The monoisotopic (exact) mass is 339 g/mol. The van der Waals surface area contributed by atoms with E-state index < -0.39 is 0 Å². The van der Waals surface area contributed by atoms with Crippen molar-refractivity contribution in [2.75, 3.05) is 12.4 Å². The van der Waals surface area contributed by atoms with Gasteiger partial charge < -0.3 is 0 Å². The predicted molar refractivity (Wildman–Crippen MR) is 71.4 cm³/mol. The zero-order chi connectivity index (χ0) is 10.8. The number of alkyl halides is 1. The zero-order valence-electron chi connectivity index (χ0n) is 8.68. The Morgan fingerprint density at radius 2 is 2.07 bits per heavy atom. The number of halogens is 2. The van der Waals surface area contributed by atoms with Crippen molar-refractivity contribution in [1.29, 1.82) is 0 Å². The Hall–Kier alpha value is 0.620. The first-order valence-electron chi connectivity index (χ1n) is 4.47. The molecular formula is C10H15Br2NS. The molecule has 0 spiro atoms. The summed E-state index contributed by atoms with van der Waals surface area (Å²) in [6.07, 6.45) is 0. The molecule has 0 aromatic carbocycles. The first kappa shape index (κ1) is 12.7. The number of thiophene rings is 1. The van der Waals surface area contributed by atoms with E-state index in [4.69, 9.17) is 0 Å². The van der Waals surface area contributed by atoms with E-state index in [1.54, 1.807) is 11.3 Å². The average Bonchev–Trinajstić information content (AvgIpc) is 2.51. The van der Waals surface area contributed by atoms with Gasteiger partial charge in [-0.1, -0.05) is 15.9 Å². The van der Waals surface area contributed by atoms with Crippen molar-refractivity contribution in [3.63, 3.8) is 0 Å². The normalized spacial score (nSPS) is 12.4. The van der Waals surface area contributed by atoms with E-state index >= 15 is 0 Å². The fourth-order valence-corrected chi connectivity index (χ4v) is 2.95. The fourth-order valence-electron chi connectivity index (χ4n) is 0.987. The summed E-state index contributed by atoms with van der Waals surface area (Å²) < 4.78 is 1.21. The topological polar surface area (TPSA) is 3.24 Å². The maximum atomic E-state index is 3.54. The minimum Gasteiger partial charge on any atom is -0.295 e. The van der Waals surface area contributed by atoms with E-state index in [0.29, 0.717) is 0 Å². The van der Waals surface area contributed by atoms with Gasteiger partial charge in [0, 0.05) is 22.3 Å². The lowest BCUT2D eigenvalue weighted by Gasteiger charge is -2.33. The van der Waals surface area contributed by atoms with Gasteiger partial charge in [-0.05, 0) is 49.0 Å². The van der Waals surface area contributed by atoms with Crippen LogP contribution in [0.4, 0.5) is 0 Å². The lowest BCUT2D eigenvalue weighted by atomic mass is 10.1. The van der Waals surface area contributed by atoms with Crippen LogP contribution in [-0.2, 0) is 6.54 Å². The summed E-state index contributed by atoms with van der Waals surface area (Å²) in [5, 5.41) is 0.989. The summed E-state index contributed by atoms with van der Waals surface area (Å²) in [6, 6.07) is 4.28. The Morgan fingerprint density at radius 3 is 2.50 bits per heavy atom. The Morgan fingerprint density at radius 1 is 1.43 bits per heavy atom. The Kier molecular flexibility index (Phi) is 4.62. The number of hydrogen-bond acceptors (Lipinski definition) is 2. The minimum absolute atomic E-state index is 0.205. The second kappa shape index (κ2) is 5.10. The quantitative estimate of drug-likeness (QED) is 0.745. The van der Waals surface area contributed by atoms with Crippen LogP contribution in [0.25, 0.3) is 0 Å². The third kappa shape index (κ3) is 3.33. The molecule has 0 N–H and O–H groups in total. The molecule has 0 aliphatic heterocycles. The van der Waals surface area contributed by atoms with Gasteiger partial charge in [0.15, 0.2) is 0 Å². The van der Waals surface area contributed by atoms with E-state index in [0.717, 1.165) is 11.9 Å². The smallest absolute Gasteiger partial charge is 0.0701 e. The lowest BCUT2D eigenvalue weighted by molar-refractivity contribution is 0.175. The summed E-state index contributed by atoms with van der Waals surface area (Å²) in [6.45, 7) is 5.49. The molecule has 1 aromatic rings. The molecule has 0 atom stereocenters. The van der Waals surface area contributed by atoms with Crippen molar-refractivity contribution in [2.24, 2.45) is 0 Å². The molecule has 80 valence electrons. The average molecular weight is 341 g/mol. The number of nitrogens with zero attached hydrogens (tertiary/aromatic N) is 1. The van der Waals surface area contributed by atoms with Crippen molar-refractivity contribution in [1.82, 2.24) is 4.90 Å². The van der Waals surface area contributed by atoms with Gasteiger partial charge in [-0.2, -0.15) is 0 Å². The number of rotatable bonds is 4. The van der Waals surface area contributed by atoms with Crippen LogP contribution in [0.2, 0.25) is 0 Å². The summed E-state index contributed by atoms with van der Waals surface area (Å²) in [7, 11) is 2.16. The van der Waals surface area contributed by atoms with Crippen molar-refractivity contribution >= 4 is 43.2 Å². The second-order valence-corrected chi connectivity index (χ2v) is 7.12. The molecule has 1 nitrogen and oxygen atoms in total. The summed E-state index contributed by atoms with van der Waals surface area (Å²) >= 11 is 8.83. The van der Waals surface area contributed by atoms with Crippen LogP contribution in [0, 0.1) is 0 Å². The molecule has 0 aliphatic rings. The molecule has 0 fully saturated rings. The fraction of sp³-hybridized carbons (Fsp3) is 0.600. The molecule has 0 aliphatic carbocycles. The van der Waals surface area contributed by atoms with E-state index in [1.807, 2.05) is 0 Å². The molecule has 0 radical (unpaired) electrons. The van der Waals surface area contributed by atoms with Gasteiger partial charge in [-0.25, -0.2) is 0 Å². The molecule has 0 bridgehead atoms. The molecule has 4 heteroatoms. The summed E-state index contributed by atoms with van der Waals surface area (Å²) in [5.74, 6) is 0. The van der Waals surface area contributed by atoms with Crippen LogP contribution in [0.15, 0.2) is 15.9 Å². The predicted octanol–water partition coefficient (Wildman–Crippen LogP) is 4.12. The van der Waals surface area contributed by atoms with Gasteiger partial charge in [0.25, 0.3) is 0 Å². The van der Waals surface area contributed by atoms with E-state index in [1.165, 1.54) is 8.66 Å². The maximum absolute atomic E-state index is 3.54. The SMILES string of the molecule is CN(Cc1ccc(Br)s1)C(C)(C)CBr. The highest BCUT2D eigenvalue weighted by Crippen LogP contribution is 2.25.